The molecule has 1 atom stereocenters. The Morgan fingerprint density at radius 1 is 0.893 bits per heavy atom. The zero-order valence-corrected chi connectivity index (χ0v) is 15.5. The van der Waals surface area contributed by atoms with Crippen LogP contribution in [0.3, 0.4) is 0 Å². The van der Waals surface area contributed by atoms with E-state index in [9.17, 15) is 9.90 Å². The van der Waals surface area contributed by atoms with Gasteiger partial charge in [0.25, 0.3) is 0 Å². The summed E-state index contributed by atoms with van der Waals surface area (Å²) >= 11 is 0. The van der Waals surface area contributed by atoms with E-state index in [2.05, 4.69) is 29.6 Å². The molecule has 4 rings (SSSR count). The molecular formula is C24H23NO3. The summed E-state index contributed by atoms with van der Waals surface area (Å²) in [5.74, 6) is 0.0491. The molecule has 1 aliphatic carbocycles. The third-order valence-electron chi connectivity index (χ3n) is 5.22. The van der Waals surface area contributed by atoms with Crippen molar-refractivity contribution in [1.82, 2.24) is 5.32 Å². The van der Waals surface area contributed by atoms with Gasteiger partial charge in [0, 0.05) is 12.5 Å². The van der Waals surface area contributed by atoms with Gasteiger partial charge in [0.05, 0.1) is 6.10 Å². The molecule has 0 heterocycles. The fourth-order valence-corrected chi connectivity index (χ4v) is 3.80. The van der Waals surface area contributed by atoms with E-state index in [1.54, 1.807) is 0 Å². The van der Waals surface area contributed by atoms with Crippen LogP contribution in [0.2, 0.25) is 0 Å². The van der Waals surface area contributed by atoms with E-state index in [-0.39, 0.29) is 5.92 Å². The van der Waals surface area contributed by atoms with E-state index in [1.807, 2.05) is 54.6 Å². The molecule has 4 nitrogen and oxygen atoms in total. The molecule has 0 unspecified atom stereocenters. The molecule has 28 heavy (non-hydrogen) atoms. The average Bonchev–Trinajstić information content (AvgIpc) is 3.07. The summed E-state index contributed by atoms with van der Waals surface area (Å²) in [6.45, 7) is 0.647. The quantitative estimate of drug-likeness (QED) is 0.661. The van der Waals surface area contributed by atoms with Gasteiger partial charge in [-0.05, 0) is 34.2 Å². The van der Waals surface area contributed by atoms with Gasteiger partial charge in [-0.3, -0.25) is 0 Å². The number of hydrogen-bond donors (Lipinski definition) is 2. The number of carbonyl (C=O) groups is 1. The fraction of sp³-hybridized carbons (Fsp3) is 0.208. The van der Waals surface area contributed by atoms with Crippen LogP contribution in [0.5, 0.6) is 0 Å². The third kappa shape index (κ3) is 3.78. The van der Waals surface area contributed by atoms with Crippen molar-refractivity contribution in [3.63, 3.8) is 0 Å². The first-order valence-corrected chi connectivity index (χ1v) is 9.56. The molecule has 0 fully saturated rings. The Bertz CT molecular complexity index is 909. The molecule has 142 valence electrons. The van der Waals surface area contributed by atoms with Crippen LogP contribution in [0.1, 0.15) is 35.1 Å². The molecule has 3 aromatic rings. The predicted octanol–water partition coefficient (Wildman–Crippen LogP) is 4.65. The minimum absolute atomic E-state index is 0.0491. The molecule has 1 aliphatic rings. The second-order valence-electron chi connectivity index (χ2n) is 6.97. The van der Waals surface area contributed by atoms with Crippen LogP contribution in [0.15, 0.2) is 78.9 Å². The van der Waals surface area contributed by atoms with Crippen molar-refractivity contribution in [3.8, 4) is 11.1 Å². The van der Waals surface area contributed by atoms with Crippen LogP contribution in [0, 0.1) is 0 Å². The highest BCUT2D eigenvalue weighted by molar-refractivity contribution is 5.79. The van der Waals surface area contributed by atoms with Gasteiger partial charge in [0.1, 0.15) is 6.61 Å². The maximum atomic E-state index is 12.1. The van der Waals surface area contributed by atoms with E-state index in [0.717, 1.165) is 5.56 Å². The number of nitrogens with one attached hydrogen (secondary N) is 1. The van der Waals surface area contributed by atoms with Gasteiger partial charge in [0.2, 0.25) is 0 Å². The zero-order valence-electron chi connectivity index (χ0n) is 15.5. The Labute approximate surface area is 164 Å². The van der Waals surface area contributed by atoms with Crippen molar-refractivity contribution in [2.75, 3.05) is 13.2 Å². The number of alkyl carbamates (subject to hydrolysis) is 1. The van der Waals surface area contributed by atoms with Crippen LogP contribution in [0.4, 0.5) is 4.79 Å². The van der Waals surface area contributed by atoms with Crippen molar-refractivity contribution in [2.45, 2.75) is 18.4 Å². The maximum absolute atomic E-state index is 12.1. The molecule has 2 N–H and O–H groups in total. The lowest BCUT2D eigenvalue weighted by Crippen LogP contribution is -2.27. The minimum Gasteiger partial charge on any atom is -0.449 e. The second-order valence-corrected chi connectivity index (χ2v) is 6.97. The molecule has 0 bridgehead atoms. The van der Waals surface area contributed by atoms with Crippen LogP contribution in [0.25, 0.3) is 11.1 Å². The molecule has 0 radical (unpaired) electrons. The number of carbonyl (C=O) groups excluding carboxylic acids is 1. The third-order valence-corrected chi connectivity index (χ3v) is 5.22. The topological polar surface area (TPSA) is 58.6 Å². The smallest absolute Gasteiger partial charge is 0.407 e. The maximum Gasteiger partial charge on any atom is 0.407 e. The lowest BCUT2D eigenvalue weighted by molar-refractivity contribution is 0.136. The normalized spacial score (nSPS) is 13.5. The minimum atomic E-state index is -0.602. The molecular weight excluding hydrogens is 350 g/mol. The van der Waals surface area contributed by atoms with Crippen molar-refractivity contribution >= 4 is 6.09 Å². The molecule has 0 saturated carbocycles. The van der Waals surface area contributed by atoms with Gasteiger partial charge in [-0.25, -0.2) is 4.79 Å². The Morgan fingerprint density at radius 3 is 2.11 bits per heavy atom. The summed E-state index contributed by atoms with van der Waals surface area (Å²) in [7, 11) is 0. The lowest BCUT2D eigenvalue weighted by atomic mass is 9.98. The Hall–Kier alpha value is -3.11. The summed E-state index contributed by atoms with van der Waals surface area (Å²) in [5.41, 5.74) is 5.64. The fourth-order valence-electron chi connectivity index (χ4n) is 3.80. The van der Waals surface area contributed by atoms with E-state index >= 15 is 0 Å². The number of aliphatic hydroxyl groups excluding tert-OH is 1. The Morgan fingerprint density at radius 2 is 1.46 bits per heavy atom. The van der Waals surface area contributed by atoms with Crippen molar-refractivity contribution in [2.24, 2.45) is 0 Å². The summed E-state index contributed by atoms with van der Waals surface area (Å²) in [5, 5.41) is 12.9. The van der Waals surface area contributed by atoms with Gasteiger partial charge >= 0.3 is 6.09 Å². The Kier molecular flexibility index (Phi) is 5.40. The average molecular weight is 373 g/mol. The van der Waals surface area contributed by atoms with Crippen LogP contribution in [-0.4, -0.2) is 24.4 Å². The van der Waals surface area contributed by atoms with Crippen molar-refractivity contribution < 1.29 is 14.6 Å². The predicted molar refractivity (Wildman–Crippen MR) is 109 cm³/mol. The highest BCUT2D eigenvalue weighted by Crippen LogP contribution is 2.44. The molecule has 0 aliphatic heterocycles. The van der Waals surface area contributed by atoms with E-state index < -0.39 is 12.2 Å². The van der Waals surface area contributed by atoms with Crippen LogP contribution < -0.4 is 5.32 Å². The Balaban J connectivity index is 1.32. The molecule has 0 saturated heterocycles. The van der Waals surface area contributed by atoms with Gasteiger partial charge in [-0.15, -0.1) is 0 Å². The van der Waals surface area contributed by atoms with E-state index in [1.165, 1.54) is 22.3 Å². The standard InChI is InChI=1S/C24H23NO3/c26-23(17-8-2-1-3-9-17)14-15-25-24(27)28-16-22-20-12-6-4-10-18(20)19-11-5-7-13-21(19)22/h1-13,22-23,26H,14-16H2,(H,25,27)/t23-/m1/s1. The van der Waals surface area contributed by atoms with E-state index in [0.29, 0.717) is 19.6 Å². The first kappa shape index (κ1) is 18.3. The highest BCUT2D eigenvalue weighted by atomic mass is 16.5. The lowest BCUT2D eigenvalue weighted by Gasteiger charge is -2.15. The first-order valence-electron chi connectivity index (χ1n) is 9.56. The largest absolute Gasteiger partial charge is 0.449 e. The molecule has 1 amide bonds. The summed E-state index contributed by atoms with van der Waals surface area (Å²) in [4.78, 5) is 12.1. The van der Waals surface area contributed by atoms with Crippen LogP contribution >= 0.6 is 0 Å². The zero-order chi connectivity index (χ0) is 19.3. The van der Waals surface area contributed by atoms with Crippen molar-refractivity contribution in [3.05, 3.63) is 95.6 Å². The molecule has 0 spiro atoms. The number of benzene rings is 3. The summed E-state index contributed by atoms with van der Waals surface area (Å²) in [6, 6.07) is 25.9. The van der Waals surface area contributed by atoms with Crippen molar-refractivity contribution in [1.29, 1.82) is 0 Å². The monoisotopic (exact) mass is 373 g/mol. The van der Waals surface area contributed by atoms with E-state index in [4.69, 9.17) is 4.74 Å². The molecule has 0 aromatic heterocycles. The number of rotatable bonds is 6. The summed E-state index contributed by atoms with van der Waals surface area (Å²) in [6.07, 6.45) is -0.619. The van der Waals surface area contributed by atoms with Gasteiger partial charge in [-0.2, -0.15) is 0 Å². The number of ether oxygens (including phenoxy) is 1. The number of fused-ring (bicyclic) bond motifs is 3. The first-order chi connectivity index (χ1) is 13.7. The number of aliphatic hydroxyl groups is 1. The van der Waals surface area contributed by atoms with Gasteiger partial charge < -0.3 is 15.2 Å². The number of amides is 1. The SMILES string of the molecule is O=C(NCC[C@@H](O)c1ccccc1)OCC1c2ccccc2-c2ccccc21. The van der Waals surface area contributed by atoms with Gasteiger partial charge in [0.15, 0.2) is 0 Å². The highest BCUT2D eigenvalue weighted by Gasteiger charge is 2.28. The molecule has 4 heteroatoms. The van der Waals surface area contributed by atoms with Gasteiger partial charge in [-0.1, -0.05) is 78.9 Å². The molecule has 3 aromatic carbocycles. The number of hydrogen-bond acceptors (Lipinski definition) is 3. The summed E-state index contributed by atoms with van der Waals surface area (Å²) < 4.78 is 5.50. The second kappa shape index (κ2) is 8.28. The van der Waals surface area contributed by atoms with Crippen LogP contribution in [-0.2, 0) is 4.74 Å².